The minimum absolute atomic E-state index is 0.108. The summed E-state index contributed by atoms with van der Waals surface area (Å²) >= 11 is 0. The lowest BCUT2D eigenvalue weighted by atomic mass is 10.2. The average molecular weight is 212 g/mol. The third-order valence-electron chi connectivity index (χ3n) is 2.35. The molecule has 15 heavy (non-hydrogen) atoms. The van der Waals surface area contributed by atoms with Gasteiger partial charge in [-0.25, -0.2) is 9.59 Å². The molecule has 0 aromatic carbocycles. The van der Waals surface area contributed by atoms with Gasteiger partial charge in [0.15, 0.2) is 0 Å². The molecule has 84 valence electrons. The fourth-order valence-electron chi connectivity index (χ4n) is 1.46. The van der Waals surface area contributed by atoms with Gasteiger partial charge in [0.2, 0.25) is 0 Å². The van der Waals surface area contributed by atoms with Gasteiger partial charge in [-0.3, -0.25) is 0 Å². The highest BCUT2D eigenvalue weighted by atomic mass is 16.4. The van der Waals surface area contributed by atoms with Gasteiger partial charge in [-0.15, -0.1) is 0 Å². The molecule has 1 aliphatic carbocycles. The van der Waals surface area contributed by atoms with E-state index in [1.165, 1.54) is 0 Å². The smallest absolute Gasteiger partial charge is 0.326 e. The van der Waals surface area contributed by atoms with E-state index in [2.05, 4.69) is 10.6 Å². The Balaban J connectivity index is 2.30. The standard InChI is InChI=1S/C10H16N2O3/c1-2-8(9(13)14)12-10(15)11-7-5-3-4-6-7/h3-4,7-8H,2,5-6H2,1H3,(H,13,14)(H2,11,12,15)/t8-/m1/s1. The van der Waals surface area contributed by atoms with E-state index >= 15 is 0 Å². The van der Waals surface area contributed by atoms with Crippen LogP contribution in [0.15, 0.2) is 12.2 Å². The van der Waals surface area contributed by atoms with Crippen LogP contribution < -0.4 is 10.6 Å². The van der Waals surface area contributed by atoms with Crippen LogP contribution in [0.2, 0.25) is 0 Å². The van der Waals surface area contributed by atoms with Crippen LogP contribution in [0.1, 0.15) is 26.2 Å². The van der Waals surface area contributed by atoms with Crippen molar-refractivity contribution in [1.29, 1.82) is 0 Å². The molecule has 0 aliphatic heterocycles. The predicted molar refractivity (Wildman–Crippen MR) is 55.5 cm³/mol. The monoisotopic (exact) mass is 212 g/mol. The zero-order chi connectivity index (χ0) is 11.3. The van der Waals surface area contributed by atoms with Gasteiger partial charge in [0.05, 0.1) is 0 Å². The van der Waals surface area contributed by atoms with Crippen LogP contribution in [0.5, 0.6) is 0 Å². The van der Waals surface area contributed by atoms with Crippen LogP contribution in [-0.2, 0) is 4.79 Å². The molecule has 3 N–H and O–H groups in total. The van der Waals surface area contributed by atoms with Gasteiger partial charge < -0.3 is 15.7 Å². The Bertz CT molecular complexity index is 268. The van der Waals surface area contributed by atoms with Crippen LogP contribution in [-0.4, -0.2) is 29.2 Å². The van der Waals surface area contributed by atoms with E-state index in [-0.39, 0.29) is 6.04 Å². The molecule has 5 nitrogen and oxygen atoms in total. The van der Waals surface area contributed by atoms with Crippen molar-refractivity contribution in [3.8, 4) is 0 Å². The predicted octanol–water partition coefficient (Wildman–Crippen LogP) is 0.867. The molecule has 0 unspecified atom stereocenters. The summed E-state index contributed by atoms with van der Waals surface area (Å²) < 4.78 is 0. The molecule has 2 amide bonds. The average Bonchev–Trinajstić information content (AvgIpc) is 2.66. The molecule has 5 heteroatoms. The number of carbonyl (C=O) groups excluding carboxylic acids is 1. The first kappa shape index (κ1) is 11.6. The first-order valence-electron chi connectivity index (χ1n) is 5.08. The Labute approximate surface area is 88.5 Å². The molecular formula is C10H16N2O3. The Morgan fingerprint density at radius 2 is 2.07 bits per heavy atom. The SMILES string of the molecule is CC[C@@H](NC(=O)NC1CC=CC1)C(=O)O. The number of hydrogen-bond donors (Lipinski definition) is 3. The molecule has 0 radical (unpaired) electrons. The minimum atomic E-state index is -1.00. The summed E-state index contributed by atoms with van der Waals surface area (Å²) in [7, 11) is 0. The van der Waals surface area contributed by atoms with E-state index < -0.39 is 18.0 Å². The van der Waals surface area contributed by atoms with Crippen molar-refractivity contribution in [3.63, 3.8) is 0 Å². The lowest BCUT2D eigenvalue weighted by Crippen LogP contribution is -2.48. The zero-order valence-corrected chi connectivity index (χ0v) is 8.69. The number of carboxylic acid groups (broad SMARTS) is 1. The molecule has 1 rings (SSSR count). The summed E-state index contributed by atoms with van der Waals surface area (Å²) in [4.78, 5) is 22.0. The second-order valence-corrected chi connectivity index (χ2v) is 3.56. The number of amides is 2. The highest BCUT2D eigenvalue weighted by Crippen LogP contribution is 2.08. The van der Waals surface area contributed by atoms with Crippen molar-refractivity contribution in [2.24, 2.45) is 0 Å². The number of carbonyl (C=O) groups is 2. The zero-order valence-electron chi connectivity index (χ0n) is 8.69. The molecule has 0 saturated heterocycles. The largest absolute Gasteiger partial charge is 0.480 e. The second-order valence-electron chi connectivity index (χ2n) is 3.56. The first-order valence-corrected chi connectivity index (χ1v) is 5.08. The minimum Gasteiger partial charge on any atom is -0.480 e. The highest BCUT2D eigenvalue weighted by molar-refractivity contribution is 5.82. The van der Waals surface area contributed by atoms with E-state index in [1.807, 2.05) is 12.2 Å². The maximum Gasteiger partial charge on any atom is 0.326 e. The van der Waals surface area contributed by atoms with Gasteiger partial charge in [0, 0.05) is 6.04 Å². The topological polar surface area (TPSA) is 78.4 Å². The number of carboxylic acids is 1. The quantitative estimate of drug-likeness (QED) is 0.605. The molecule has 0 fully saturated rings. The van der Waals surface area contributed by atoms with Crippen LogP contribution >= 0.6 is 0 Å². The third kappa shape index (κ3) is 3.61. The molecule has 0 saturated carbocycles. The maximum atomic E-state index is 11.4. The fourth-order valence-corrected chi connectivity index (χ4v) is 1.46. The maximum absolute atomic E-state index is 11.4. The van der Waals surface area contributed by atoms with Crippen LogP contribution in [0.25, 0.3) is 0 Å². The van der Waals surface area contributed by atoms with Crippen LogP contribution in [0.4, 0.5) is 4.79 Å². The highest BCUT2D eigenvalue weighted by Gasteiger charge is 2.19. The summed E-state index contributed by atoms with van der Waals surface area (Å²) in [6.07, 6.45) is 6.01. The molecule has 0 heterocycles. The van der Waals surface area contributed by atoms with Gasteiger partial charge in [-0.1, -0.05) is 19.1 Å². The van der Waals surface area contributed by atoms with Gasteiger partial charge in [-0.05, 0) is 19.3 Å². The van der Waals surface area contributed by atoms with Gasteiger partial charge in [-0.2, -0.15) is 0 Å². The van der Waals surface area contributed by atoms with Gasteiger partial charge >= 0.3 is 12.0 Å². The summed E-state index contributed by atoms with van der Waals surface area (Å²) in [6, 6.07) is -1.10. The van der Waals surface area contributed by atoms with Crippen molar-refractivity contribution in [3.05, 3.63) is 12.2 Å². The number of urea groups is 1. The lowest BCUT2D eigenvalue weighted by Gasteiger charge is -2.16. The summed E-state index contributed by atoms with van der Waals surface area (Å²) in [5.41, 5.74) is 0. The van der Waals surface area contributed by atoms with Crippen molar-refractivity contribution in [2.45, 2.75) is 38.3 Å². The van der Waals surface area contributed by atoms with Gasteiger partial charge in [0.1, 0.15) is 6.04 Å². The fraction of sp³-hybridized carbons (Fsp3) is 0.600. The Kier molecular flexibility index (Phi) is 4.15. The Morgan fingerprint density at radius 3 is 2.53 bits per heavy atom. The number of hydrogen-bond acceptors (Lipinski definition) is 2. The van der Waals surface area contributed by atoms with E-state index in [1.54, 1.807) is 6.92 Å². The van der Waals surface area contributed by atoms with E-state index in [0.29, 0.717) is 6.42 Å². The van der Waals surface area contributed by atoms with E-state index in [9.17, 15) is 9.59 Å². The first-order chi connectivity index (χ1) is 7.13. The molecule has 0 aromatic heterocycles. The number of nitrogens with one attached hydrogen (secondary N) is 2. The van der Waals surface area contributed by atoms with Gasteiger partial charge in [0.25, 0.3) is 0 Å². The lowest BCUT2D eigenvalue weighted by molar-refractivity contribution is -0.139. The summed E-state index contributed by atoms with van der Waals surface area (Å²) in [5.74, 6) is -1.00. The van der Waals surface area contributed by atoms with Crippen LogP contribution in [0, 0.1) is 0 Å². The molecule has 0 spiro atoms. The van der Waals surface area contributed by atoms with Crippen molar-refractivity contribution in [1.82, 2.24) is 10.6 Å². The molecule has 0 aromatic rings. The normalized spacial score (nSPS) is 17.4. The second kappa shape index (κ2) is 5.38. The van der Waals surface area contributed by atoms with E-state index in [4.69, 9.17) is 5.11 Å². The molecule has 1 aliphatic rings. The summed E-state index contributed by atoms with van der Waals surface area (Å²) in [5, 5.41) is 13.9. The van der Waals surface area contributed by atoms with Crippen molar-refractivity contribution in [2.75, 3.05) is 0 Å². The number of rotatable bonds is 4. The van der Waals surface area contributed by atoms with Crippen molar-refractivity contribution >= 4 is 12.0 Å². The molecular weight excluding hydrogens is 196 g/mol. The summed E-state index contributed by atoms with van der Waals surface area (Å²) in [6.45, 7) is 1.72. The molecule has 1 atom stereocenters. The number of aliphatic carboxylic acids is 1. The molecule has 0 bridgehead atoms. The Hall–Kier alpha value is -1.52. The van der Waals surface area contributed by atoms with Crippen LogP contribution in [0.3, 0.4) is 0 Å². The van der Waals surface area contributed by atoms with E-state index in [0.717, 1.165) is 12.8 Å². The Morgan fingerprint density at radius 1 is 1.47 bits per heavy atom. The third-order valence-corrected chi connectivity index (χ3v) is 2.35. The van der Waals surface area contributed by atoms with Crippen molar-refractivity contribution < 1.29 is 14.7 Å².